The smallest absolute Gasteiger partial charge is 0.304 e. The van der Waals surface area contributed by atoms with Gasteiger partial charge in [0.25, 0.3) is 0 Å². The number of rotatable bonds is 11. The normalized spacial score (nSPS) is 11.4. The number of carbonyl (C=O) groups excluding carboxylic acids is 1. The minimum atomic E-state index is -3.85. The second kappa shape index (κ2) is 11.2. The van der Waals surface area contributed by atoms with Crippen LogP contribution in [0.5, 0.6) is 5.75 Å². The number of ether oxygens (including phenoxy) is 1. The number of aromatic nitrogens is 1. The molecule has 2 N–H and O–H groups in total. The molecule has 0 radical (unpaired) electrons. The number of allylic oxidation sites excluding steroid dienone is 1. The van der Waals surface area contributed by atoms with Crippen LogP contribution in [-0.4, -0.2) is 36.8 Å². The maximum atomic E-state index is 12.6. The Morgan fingerprint density at radius 2 is 1.79 bits per heavy atom. The summed E-state index contributed by atoms with van der Waals surface area (Å²) in [7, 11) is -3.85. The van der Waals surface area contributed by atoms with E-state index in [0.29, 0.717) is 17.9 Å². The van der Waals surface area contributed by atoms with Crippen molar-refractivity contribution in [1.82, 2.24) is 9.71 Å². The predicted molar refractivity (Wildman–Crippen MR) is 122 cm³/mol. The maximum absolute atomic E-state index is 12.6. The number of carboxylic acid groups (broad SMARTS) is 1. The molecule has 1 heterocycles. The van der Waals surface area contributed by atoms with Crippen LogP contribution in [0.3, 0.4) is 0 Å². The van der Waals surface area contributed by atoms with Gasteiger partial charge in [-0.15, -0.1) is 0 Å². The van der Waals surface area contributed by atoms with Crippen LogP contribution in [0, 0.1) is 0 Å². The van der Waals surface area contributed by atoms with Crippen molar-refractivity contribution < 1.29 is 27.9 Å². The molecule has 9 heteroatoms. The first-order chi connectivity index (χ1) is 15.8. The number of carboxylic acids is 1. The number of nitrogens with zero attached hydrogens (tertiary/aromatic N) is 1. The van der Waals surface area contributed by atoms with Crippen molar-refractivity contribution in [2.24, 2.45) is 0 Å². The van der Waals surface area contributed by atoms with Crippen LogP contribution < -0.4 is 9.46 Å². The summed E-state index contributed by atoms with van der Waals surface area (Å²) in [6.07, 6.45) is 6.10. The monoisotopic (exact) mass is 466 g/mol. The third-order valence-electron chi connectivity index (χ3n) is 4.53. The summed E-state index contributed by atoms with van der Waals surface area (Å²) in [4.78, 5) is 27.1. The zero-order chi connectivity index (χ0) is 23.7. The molecule has 0 saturated carbocycles. The predicted octanol–water partition coefficient (Wildman–Crippen LogP) is 3.31. The summed E-state index contributed by atoms with van der Waals surface area (Å²) in [5, 5.41) is 8.62. The molecule has 0 atom stereocenters. The molecule has 1 aromatic heterocycles. The molecular formula is C24H22N2O6S. The molecule has 33 heavy (non-hydrogen) atoms. The van der Waals surface area contributed by atoms with Gasteiger partial charge in [-0.1, -0.05) is 24.3 Å². The first-order valence-electron chi connectivity index (χ1n) is 10.00. The molecule has 2 aromatic carbocycles. The SMILES string of the molecule is O=C(O)CCNS(=O)(=O)c1ccc(C(=O)/C=C/c2ccccc2OCc2cccnc2)cc1. The second-order valence-electron chi connectivity index (χ2n) is 6.95. The maximum Gasteiger partial charge on any atom is 0.304 e. The molecule has 0 fully saturated rings. The van der Waals surface area contributed by atoms with Crippen LogP contribution in [-0.2, 0) is 21.4 Å². The lowest BCUT2D eigenvalue weighted by Gasteiger charge is -2.09. The molecule has 0 bridgehead atoms. The average Bonchev–Trinajstić information content (AvgIpc) is 2.82. The fraction of sp³-hybridized carbons (Fsp3) is 0.125. The fourth-order valence-electron chi connectivity index (χ4n) is 2.83. The lowest BCUT2D eigenvalue weighted by atomic mass is 10.1. The number of pyridine rings is 1. The molecule has 0 spiro atoms. The number of aliphatic carboxylic acids is 1. The van der Waals surface area contributed by atoms with E-state index in [4.69, 9.17) is 9.84 Å². The third kappa shape index (κ3) is 7.09. The zero-order valence-electron chi connectivity index (χ0n) is 17.5. The van der Waals surface area contributed by atoms with E-state index in [1.165, 1.54) is 30.3 Å². The molecule has 170 valence electrons. The molecule has 0 aliphatic heterocycles. The molecule has 0 aliphatic rings. The topological polar surface area (TPSA) is 123 Å². The van der Waals surface area contributed by atoms with E-state index in [1.54, 1.807) is 24.5 Å². The molecule has 0 amide bonds. The van der Waals surface area contributed by atoms with Crippen molar-refractivity contribution in [3.63, 3.8) is 0 Å². The number of sulfonamides is 1. The standard InChI is InChI=1S/C24H22N2O6S/c27-22(19-7-10-21(11-8-19)33(30,31)26-15-13-24(28)29)12-9-20-5-1-2-6-23(20)32-17-18-4-3-14-25-16-18/h1-12,14,16,26H,13,15,17H2,(H,28,29)/b12-9+. The highest BCUT2D eigenvalue weighted by atomic mass is 32.2. The highest BCUT2D eigenvalue weighted by molar-refractivity contribution is 7.89. The lowest BCUT2D eigenvalue weighted by Crippen LogP contribution is -2.26. The molecule has 3 aromatic rings. The van der Waals surface area contributed by atoms with Gasteiger partial charge in [-0.25, -0.2) is 13.1 Å². The van der Waals surface area contributed by atoms with Crippen LogP contribution >= 0.6 is 0 Å². The largest absolute Gasteiger partial charge is 0.488 e. The first-order valence-corrected chi connectivity index (χ1v) is 11.5. The van der Waals surface area contributed by atoms with Crippen LogP contribution in [0.15, 0.2) is 84.0 Å². The quantitative estimate of drug-likeness (QED) is 0.328. The Kier molecular flexibility index (Phi) is 8.06. The van der Waals surface area contributed by atoms with Gasteiger partial charge in [-0.2, -0.15) is 0 Å². The highest BCUT2D eigenvalue weighted by Crippen LogP contribution is 2.21. The van der Waals surface area contributed by atoms with Crippen molar-refractivity contribution in [1.29, 1.82) is 0 Å². The van der Waals surface area contributed by atoms with Gasteiger partial charge in [-0.3, -0.25) is 14.6 Å². The number of nitrogens with one attached hydrogen (secondary N) is 1. The summed E-state index contributed by atoms with van der Waals surface area (Å²) < 4.78 is 32.4. The lowest BCUT2D eigenvalue weighted by molar-refractivity contribution is -0.136. The van der Waals surface area contributed by atoms with Crippen molar-refractivity contribution in [2.45, 2.75) is 17.9 Å². The Labute approximate surface area is 191 Å². The Morgan fingerprint density at radius 1 is 1.03 bits per heavy atom. The van der Waals surface area contributed by atoms with Gasteiger partial charge in [0.15, 0.2) is 5.78 Å². The van der Waals surface area contributed by atoms with Gasteiger partial charge in [0.1, 0.15) is 12.4 Å². The molecule has 0 unspecified atom stereocenters. The van der Waals surface area contributed by atoms with Crippen LogP contribution in [0.1, 0.15) is 27.9 Å². The molecule has 3 rings (SSSR count). The van der Waals surface area contributed by atoms with Crippen molar-refractivity contribution >= 4 is 27.9 Å². The first kappa shape index (κ1) is 23.8. The summed E-state index contributed by atoms with van der Waals surface area (Å²) in [5.41, 5.74) is 1.95. The van der Waals surface area contributed by atoms with Crippen molar-refractivity contribution in [3.05, 3.63) is 95.8 Å². The summed E-state index contributed by atoms with van der Waals surface area (Å²) in [6, 6.07) is 16.4. The summed E-state index contributed by atoms with van der Waals surface area (Å²) in [6.45, 7) is 0.117. The van der Waals surface area contributed by atoms with Crippen LogP contribution in [0.25, 0.3) is 6.08 Å². The number of hydrogen-bond acceptors (Lipinski definition) is 6. The Bertz CT molecular complexity index is 1240. The van der Waals surface area contributed by atoms with E-state index in [1.807, 2.05) is 30.3 Å². The minimum absolute atomic E-state index is 0.0532. The van der Waals surface area contributed by atoms with E-state index in [-0.39, 0.29) is 23.6 Å². The number of para-hydroxylation sites is 1. The summed E-state index contributed by atoms with van der Waals surface area (Å²) in [5.74, 6) is -0.798. The van der Waals surface area contributed by atoms with E-state index < -0.39 is 16.0 Å². The van der Waals surface area contributed by atoms with Gasteiger partial charge in [0.05, 0.1) is 11.3 Å². The van der Waals surface area contributed by atoms with E-state index >= 15 is 0 Å². The van der Waals surface area contributed by atoms with Crippen molar-refractivity contribution in [3.8, 4) is 5.75 Å². The molecular weight excluding hydrogens is 444 g/mol. The highest BCUT2D eigenvalue weighted by Gasteiger charge is 2.14. The van der Waals surface area contributed by atoms with Crippen LogP contribution in [0.2, 0.25) is 0 Å². The van der Waals surface area contributed by atoms with Gasteiger partial charge in [0.2, 0.25) is 10.0 Å². The van der Waals surface area contributed by atoms with E-state index in [0.717, 1.165) is 11.1 Å². The molecule has 0 aliphatic carbocycles. The Balaban J connectivity index is 1.65. The van der Waals surface area contributed by atoms with Crippen molar-refractivity contribution in [2.75, 3.05) is 6.54 Å². The van der Waals surface area contributed by atoms with Gasteiger partial charge in [0, 0.05) is 35.6 Å². The van der Waals surface area contributed by atoms with E-state index in [2.05, 4.69) is 9.71 Å². The average molecular weight is 467 g/mol. The Morgan fingerprint density at radius 3 is 2.48 bits per heavy atom. The zero-order valence-corrected chi connectivity index (χ0v) is 18.4. The van der Waals surface area contributed by atoms with E-state index in [9.17, 15) is 18.0 Å². The number of carbonyl (C=O) groups is 2. The Hall–Kier alpha value is -3.82. The number of hydrogen-bond donors (Lipinski definition) is 2. The third-order valence-corrected chi connectivity index (χ3v) is 6.01. The fourth-order valence-corrected chi connectivity index (χ4v) is 3.86. The molecule has 8 nitrogen and oxygen atoms in total. The minimum Gasteiger partial charge on any atom is -0.488 e. The van der Waals surface area contributed by atoms with Crippen LogP contribution in [0.4, 0.5) is 0 Å². The number of benzene rings is 2. The van der Waals surface area contributed by atoms with Gasteiger partial charge in [-0.05, 0) is 48.6 Å². The van der Waals surface area contributed by atoms with Gasteiger partial charge >= 0.3 is 5.97 Å². The number of ketones is 1. The van der Waals surface area contributed by atoms with Gasteiger partial charge < -0.3 is 9.84 Å². The second-order valence-corrected chi connectivity index (χ2v) is 8.72. The molecule has 0 saturated heterocycles. The summed E-state index contributed by atoms with van der Waals surface area (Å²) >= 11 is 0.